The fourth-order valence-electron chi connectivity index (χ4n) is 2.65. The molecule has 0 aliphatic carbocycles. The summed E-state index contributed by atoms with van der Waals surface area (Å²) in [4.78, 5) is 16.5. The third-order valence-corrected chi connectivity index (χ3v) is 4.62. The first-order valence-corrected chi connectivity index (χ1v) is 8.47. The zero-order valence-electron chi connectivity index (χ0n) is 12.7. The fraction of sp³-hybridized carbons (Fsp3) is 0.278. The Labute approximate surface area is 135 Å². The molecule has 0 atom stereocenters. The summed E-state index contributed by atoms with van der Waals surface area (Å²) in [6.07, 6.45) is 3.58. The second kappa shape index (κ2) is 6.79. The van der Waals surface area contributed by atoms with Gasteiger partial charge in [0.25, 0.3) is 0 Å². The van der Waals surface area contributed by atoms with Crippen molar-refractivity contribution in [1.82, 2.24) is 4.90 Å². The van der Waals surface area contributed by atoms with Crippen molar-refractivity contribution in [2.75, 3.05) is 31.1 Å². The molecule has 0 bridgehead atoms. The lowest BCUT2D eigenvalue weighted by atomic mass is 10.2. The maximum Gasteiger partial charge on any atom is 0.246 e. The molecular formula is C18H20N2OS. The van der Waals surface area contributed by atoms with Gasteiger partial charge in [-0.2, -0.15) is 11.3 Å². The van der Waals surface area contributed by atoms with Crippen LogP contribution in [-0.2, 0) is 4.79 Å². The van der Waals surface area contributed by atoms with Gasteiger partial charge in [0.1, 0.15) is 0 Å². The Kier molecular flexibility index (Phi) is 4.59. The normalized spacial score (nSPS) is 15.5. The molecule has 2 aromatic rings. The summed E-state index contributed by atoms with van der Waals surface area (Å²) in [5.74, 6) is 0.107. The largest absolute Gasteiger partial charge is 0.368 e. The van der Waals surface area contributed by atoms with Gasteiger partial charge in [0.05, 0.1) is 0 Å². The molecule has 0 saturated carbocycles. The van der Waals surface area contributed by atoms with E-state index in [-0.39, 0.29) is 5.91 Å². The minimum absolute atomic E-state index is 0.107. The molecule has 0 unspecified atom stereocenters. The topological polar surface area (TPSA) is 23.6 Å². The highest BCUT2D eigenvalue weighted by molar-refractivity contribution is 7.08. The summed E-state index contributed by atoms with van der Waals surface area (Å²) < 4.78 is 0. The van der Waals surface area contributed by atoms with Crippen LogP contribution in [0.1, 0.15) is 11.1 Å². The van der Waals surface area contributed by atoms with E-state index < -0.39 is 0 Å². The van der Waals surface area contributed by atoms with Crippen LogP contribution in [0.3, 0.4) is 0 Å². The number of carbonyl (C=O) groups excluding carboxylic acids is 1. The Balaban J connectivity index is 1.56. The van der Waals surface area contributed by atoms with E-state index in [1.54, 1.807) is 17.4 Å². The number of hydrogen-bond donors (Lipinski definition) is 0. The number of anilines is 1. The highest BCUT2D eigenvalue weighted by Crippen LogP contribution is 2.18. The molecule has 4 heteroatoms. The zero-order valence-corrected chi connectivity index (χ0v) is 13.6. The second-order valence-electron chi connectivity index (χ2n) is 5.54. The smallest absolute Gasteiger partial charge is 0.246 e. The van der Waals surface area contributed by atoms with Crippen LogP contribution in [0.15, 0.2) is 47.2 Å². The van der Waals surface area contributed by atoms with E-state index in [0.29, 0.717) is 0 Å². The Morgan fingerprint density at radius 2 is 2.00 bits per heavy atom. The lowest BCUT2D eigenvalue weighted by molar-refractivity contribution is -0.126. The molecule has 1 aliphatic heterocycles. The van der Waals surface area contributed by atoms with Gasteiger partial charge in [-0.3, -0.25) is 4.79 Å². The molecule has 1 aromatic heterocycles. The number of aryl methyl sites for hydroxylation is 1. The minimum atomic E-state index is 0.107. The number of hydrogen-bond acceptors (Lipinski definition) is 3. The first-order chi connectivity index (χ1) is 10.7. The number of piperazine rings is 1. The zero-order chi connectivity index (χ0) is 15.4. The molecule has 0 N–H and O–H groups in total. The van der Waals surface area contributed by atoms with Crippen LogP contribution >= 0.6 is 11.3 Å². The molecule has 1 saturated heterocycles. The van der Waals surface area contributed by atoms with E-state index in [0.717, 1.165) is 31.7 Å². The number of benzene rings is 1. The maximum absolute atomic E-state index is 12.2. The summed E-state index contributed by atoms with van der Waals surface area (Å²) >= 11 is 1.64. The second-order valence-corrected chi connectivity index (χ2v) is 6.32. The molecule has 1 amide bonds. The summed E-state index contributed by atoms with van der Waals surface area (Å²) in [6.45, 7) is 5.45. The quantitative estimate of drug-likeness (QED) is 0.811. The molecular weight excluding hydrogens is 292 g/mol. The predicted molar refractivity (Wildman–Crippen MR) is 93.3 cm³/mol. The van der Waals surface area contributed by atoms with Crippen LogP contribution in [0.2, 0.25) is 0 Å². The van der Waals surface area contributed by atoms with E-state index in [9.17, 15) is 4.79 Å². The van der Waals surface area contributed by atoms with Crippen molar-refractivity contribution in [3.63, 3.8) is 0 Å². The summed E-state index contributed by atoms with van der Waals surface area (Å²) in [5, 5.41) is 4.06. The number of amides is 1. The third kappa shape index (κ3) is 3.57. The number of rotatable bonds is 3. The van der Waals surface area contributed by atoms with Gasteiger partial charge in [0, 0.05) is 37.9 Å². The highest BCUT2D eigenvalue weighted by Gasteiger charge is 2.19. The standard InChI is InChI=1S/C18H20N2OS/c1-15-3-2-4-17(13-15)19-8-10-20(11-9-19)18(21)6-5-16-7-12-22-14-16/h2-7,12-14H,8-11H2,1H3. The monoisotopic (exact) mass is 312 g/mol. The fourth-order valence-corrected chi connectivity index (χ4v) is 3.28. The molecule has 1 aromatic carbocycles. The molecule has 0 spiro atoms. The average molecular weight is 312 g/mol. The first-order valence-electron chi connectivity index (χ1n) is 7.53. The van der Waals surface area contributed by atoms with Crippen molar-refractivity contribution in [1.29, 1.82) is 0 Å². The van der Waals surface area contributed by atoms with E-state index in [1.165, 1.54) is 11.3 Å². The van der Waals surface area contributed by atoms with Crippen molar-refractivity contribution in [3.05, 3.63) is 58.3 Å². The van der Waals surface area contributed by atoms with Gasteiger partial charge in [-0.1, -0.05) is 12.1 Å². The Morgan fingerprint density at radius 3 is 2.68 bits per heavy atom. The van der Waals surface area contributed by atoms with Gasteiger partial charge < -0.3 is 9.80 Å². The Bertz CT molecular complexity index is 655. The van der Waals surface area contributed by atoms with Crippen LogP contribution < -0.4 is 4.90 Å². The third-order valence-electron chi connectivity index (χ3n) is 3.92. The van der Waals surface area contributed by atoms with Gasteiger partial charge in [0.2, 0.25) is 5.91 Å². The van der Waals surface area contributed by atoms with Gasteiger partial charge in [-0.15, -0.1) is 0 Å². The SMILES string of the molecule is Cc1cccc(N2CCN(C(=O)C=Cc3ccsc3)CC2)c1. The van der Waals surface area contributed by atoms with Gasteiger partial charge in [-0.25, -0.2) is 0 Å². The summed E-state index contributed by atoms with van der Waals surface area (Å²) in [5.41, 5.74) is 3.62. The first kappa shape index (κ1) is 14.9. The molecule has 3 nitrogen and oxygen atoms in total. The van der Waals surface area contributed by atoms with Crippen molar-refractivity contribution >= 4 is 29.0 Å². The van der Waals surface area contributed by atoms with Gasteiger partial charge in [-0.05, 0) is 53.1 Å². The van der Waals surface area contributed by atoms with Gasteiger partial charge >= 0.3 is 0 Å². The Hall–Kier alpha value is -2.07. The molecule has 0 radical (unpaired) electrons. The predicted octanol–water partition coefficient (Wildman–Crippen LogP) is 3.42. The van der Waals surface area contributed by atoms with Crippen LogP contribution in [0, 0.1) is 6.92 Å². The lowest BCUT2D eigenvalue weighted by Crippen LogP contribution is -2.48. The van der Waals surface area contributed by atoms with E-state index in [4.69, 9.17) is 0 Å². The van der Waals surface area contributed by atoms with Crippen LogP contribution in [-0.4, -0.2) is 37.0 Å². The van der Waals surface area contributed by atoms with Crippen molar-refractivity contribution in [2.45, 2.75) is 6.92 Å². The van der Waals surface area contributed by atoms with E-state index in [1.807, 2.05) is 27.8 Å². The van der Waals surface area contributed by atoms with Crippen molar-refractivity contribution < 1.29 is 4.79 Å². The molecule has 2 heterocycles. The summed E-state index contributed by atoms with van der Waals surface area (Å²) in [6, 6.07) is 10.6. The number of thiophene rings is 1. The van der Waals surface area contributed by atoms with Crippen LogP contribution in [0.4, 0.5) is 5.69 Å². The number of carbonyl (C=O) groups is 1. The summed E-state index contributed by atoms with van der Waals surface area (Å²) in [7, 11) is 0. The average Bonchev–Trinajstić information content (AvgIpc) is 3.06. The van der Waals surface area contributed by atoms with Crippen molar-refractivity contribution in [3.8, 4) is 0 Å². The molecule has 1 fully saturated rings. The van der Waals surface area contributed by atoms with Crippen molar-refractivity contribution in [2.24, 2.45) is 0 Å². The van der Waals surface area contributed by atoms with E-state index >= 15 is 0 Å². The lowest BCUT2D eigenvalue weighted by Gasteiger charge is -2.35. The minimum Gasteiger partial charge on any atom is -0.368 e. The molecule has 3 rings (SSSR count). The van der Waals surface area contributed by atoms with Crippen LogP contribution in [0.5, 0.6) is 0 Å². The molecule has 1 aliphatic rings. The van der Waals surface area contributed by atoms with E-state index in [2.05, 4.69) is 36.1 Å². The van der Waals surface area contributed by atoms with Gasteiger partial charge in [0.15, 0.2) is 0 Å². The molecule has 22 heavy (non-hydrogen) atoms. The Morgan fingerprint density at radius 1 is 1.18 bits per heavy atom. The highest BCUT2D eigenvalue weighted by atomic mass is 32.1. The maximum atomic E-state index is 12.2. The van der Waals surface area contributed by atoms with Crippen LogP contribution in [0.25, 0.3) is 6.08 Å². The molecule has 114 valence electrons. The number of nitrogens with zero attached hydrogens (tertiary/aromatic N) is 2.